The molecule has 94 valence electrons. The fraction of sp³-hybridized carbons (Fsp3) is 1.00. The van der Waals surface area contributed by atoms with Crippen LogP contribution in [0.5, 0.6) is 0 Å². The third kappa shape index (κ3) is 1.58. The number of rotatable bonds is 4. The van der Waals surface area contributed by atoms with Gasteiger partial charge in [-0.1, -0.05) is 12.0 Å². The molecule has 4 bridgehead atoms. The lowest BCUT2D eigenvalue weighted by atomic mass is 9.68. The van der Waals surface area contributed by atoms with Gasteiger partial charge in [0.15, 0.2) is 0 Å². The van der Waals surface area contributed by atoms with Crippen LogP contribution in [0.25, 0.3) is 10.4 Å². The molecule has 0 heterocycles. The third-order valence-electron chi connectivity index (χ3n) is 5.61. The molecular formula is C13H21N3O. The van der Waals surface area contributed by atoms with Gasteiger partial charge in [0.1, 0.15) is 0 Å². The van der Waals surface area contributed by atoms with E-state index in [0.717, 1.165) is 17.8 Å². The molecule has 4 aliphatic carbocycles. The molecule has 0 aromatic heterocycles. The van der Waals surface area contributed by atoms with E-state index in [4.69, 9.17) is 5.53 Å². The molecule has 0 amide bonds. The van der Waals surface area contributed by atoms with Gasteiger partial charge in [0.25, 0.3) is 0 Å². The molecule has 0 radical (unpaired) electrons. The molecule has 4 heteroatoms. The number of aliphatic hydroxyl groups is 1. The second-order valence-corrected chi connectivity index (χ2v) is 6.61. The Morgan fingerprint density at radius 1 is 1.35 bits per heavy atom. The van der Waals surface area contributed by atoms with Crippen molar-refractivity contribution in [3.63, 3.8) is 0 Å². The summed E-state index contributed by atoms with van der Waals surface area (Å²) in [5.41, 5.74) is 8.55. The zero-order valence-electron chi connectivity index (χ0n) is 10.4. The van der Waals surface area contributed by atoms with Gasteiger partial charge in [-0.3, -0.25) is 0 Å². The molecule has 4 rings (SSSR count). The number of azide groups is 1. The van der Waals surface area contributed by atoms with Gasteiger partial charge in [-0.15, -0.1) is 0 Å². The molecule has 0 aromatic carbocycles. The molecule has 0 saturated heterocycles. The van der Waals surface area contributed by atoms with Crippen LogP contribution in [0.4, 0.5) is 0 Å². The van der Waals surface area contributed by atoms with Gasteiger partial charge in [-0.2, -0.15) is 0 Å². The van der Waals surface area contributed by atoms with Crippen LogP contribution >= 0.6 is 0 Å². The molecule has 17 heavy (non-hydrogen) atoms. The van der Waals surface area contributed by atoms with E-state index in [1.165, 1.54) is 32.1 Å². The quantitative estimate of drug-likeness (QED) is 0.454. The maximum Gasteiger partial charge on any atom is 0.0626 e. The average Bonchev–Trinajstić information content (AvgIpc) is 2.71. The summed E-state index contributed by atoms with van der Waals surface area (Å²) in [5.74, 6) is 2.58. The van der Waals surface area contributed by atoms with Crippen molar-refractivity contribution in [2.75, 3.05) is 6.54 Å². The highest BCUT2D eigenvalue weighted by molar-refractivity contribution is 5.10. The van der Waals surface area contributed by atoms with Crippen molar-refractivity contribution in [3.8, 4) is 0 Å². The van der Waals surface area contributed by atoms with E-state index in [1.54, 1.807) is 0 Å². The molecule has 1 N–H and O–H groups in total. The predicted octanol–water partition coefficient (Wildman–Crippen LogP) is 3.12. The maximum absolute atomic E-state index is 10.7. The standard InChI is InChI=1S/C13H21N3O/c1-8(7-15-16-14)12(17)13-5-9-2-10(6-13)4-11(13)3-9/h8-12,17H,2-7H2,1H3/t8-,9?,10?,11?,12-,13?/m1/s1. The molecule has 2 unspecified atom stereocenters. The van der Waals surface area contributed by atoms with Crippen molar-refractivity contribution in [3.05, 3.63) is 10.4 Å². The molecule has 4 saturated carbocycles. The first-order chi connectivity index (χ1) is 8.15. The van der Waals surface area contributed by atoms with E-state index >= 15 is 0 Å². The van der Waals surface area contributed by atoms with Crippen molar-refractivity contribution in [2.45, 2.75) is 45.1 Å². The SMILES string of the molecule is C[C@H](CN=[N+]=[N-])[C@@H](O)C12CC3CC(CC1C3)C2. The van der Waals surface area contributed by atoms with E-state index in [9.17, 15) is 5.11 Å². The van der Waals surface area contributed by atoms with Crippen LogP contribution in [-0.2, 0) is 0 Å². The van der Waals surface area contributed by atoms with Crippen LogP contribution in [0, 0.1) is 29.1 Å². The Labute approximate surface area is 102 Å². The molecular weight excluding hydrogens is 214 g/mol. The Hall–Kier alpha value is -0.730. The van der Waals surface area contributed by atoms with E-state index in [0.29, 0.717) is 6.54 Å². The Bertz CT molecular complexity index is 350. The lowest BCUT2D eigenvalue weighted by Crippen LogP contribution is -2.41. The summed E-state index contributed by atoms with van der Waals surface area (Å²) < 4.78 is 0. The molecule has 0 spiro atoms. The molecule has 4 atom stereocenters. The minimum absolute atomic E-state index is 0.101. The molecule has 4 fully saturated rings. The largest absolute Gasteiger partial charge is 0.392 e. The summed E-state index contributed by atoms with van der Waals surface area (Å²) in [6, 6.07) is 0. The van der Waals surface area contributed by atoms with E-state index in [1.807, 2.05) is 6.92 Å². The van der Waals surface area contributed by atoms with E-state index < -0.39 is 0 Å². The van der Waals surface area contributed by atoms with Gasteiger partial charge in [0.05, 0.1) is 6.10 Å². The first-order valence-corrected chi connectivity index (χ1v) is 6.84. The molecule has 4 nitrogen and oxygen atoms in total. The summed E-state index contributed by atoms with van der Waals surface area (Å²) in [6.45, 7) is 2.45. The fourth-order valence-corrected chi connectivity index (χ4v) is 5.17. The topological polar surface area (TPSA) is 69.0 Å². The van der Waals surface area contributed by atoms with E-state index in [-0.39, 0.29) is 17.4 Å². The average molecular weight is 235 g/mol. The van der Waals surface area contributed by atoms with Gasteiger partial charge in [0.2, 0.25) is 0 Å². The van der Waals surface area contributed by atoms with Crippen molar-refractivity contribution >= 4 is 0 Å². The summed E-state index contributed by atoms with van der Waals surface area (Å²) in [7, 11) is 0. The smallest absolute Gasteiger partial charge is 0.0626 e. The first-order valence-electron chi connectivity index (χ1n) is 6.84. The van der Waals surface area contributed by atoms with Crippen LogP contribution in [0.15, 0.2) is 5.11 Å². The number of nitrogens with zero attached hydrogens (tertiary/aromatic N) is 3. The predicted molar refractivity (Wildman–Crippen MR) is 65.2 cm³/mol. The van der Waals surface area contributed by atoms with Crippen LogP contribution < -0.4 is 0 Å². The minimum atomic E-state index is -0.270. The first kappa shape index (κ1) is 11.4. The van der Waals surface area contributed by atoms with Crippen LogP contribution in [-0.4, -0.2) is 17.8 Å². The minimum Gasteiger partial charge on any atom is -0.392 e. The number of hydrogen-bond donors (Lipinski definition) is 1. The van der Waals surface area contributed by atoms with Gasteiger partial charge in [0, 0.05) is 11.5 Å². The summed E-state index contributed by atoms with van der Waals surface area (Å²) >= 11 is 0. The number of aliphatic hydroxyl groups excluding tert-OH is 1. The molecule has 4 aliphatic rings. The van der Waals surface area contributed by atoms with Gasteiger partial charge in [-0.05, 0) is 66.7 Å². The Morgan fingerprint density at radius 2 is 2.00 bits per heavy atom. The van der Waals surface area contributed by atoms with Gasteiger partial charge < -0.3 is 5.11 Å². The second kappa shape index (κ2) is 3.89. The monoisotopic (exact) mass is 235 g/mol. The van der Waals surface area contributed by atoms with Crippen LogP contribution in [0.1, 0.15) is 39.0 Å². The second-order valence-electron chi connectivity index (χ2n) is 6.61. The number of hydrogen-bond acceptors (Lipinski definition) is 2. The third-order valence-corrected chi connectivity index (χ3v) is 5.61. The van der Waals surface area contributed by atoms with E-state index in [2.05, 4.69) is 10.0 Å². The van der Waals surface area contributed by atoms with Crippen LogP contribution in [0.3, 0.4) is 0 Å². The Kier molecular flexibility index (Phi) is 2.60. The molecule has 0 aliphatic heterocycles. The van der Waals surface area contributed by atoms with Crippen molar-refractivity contribution in [1.29, 1.82) is 0 Å². The summed E-state index contributed by atoms with van der Waals surface area (Å²) in [4.78, 5) is 2.81. The fourth-order valence-electron chi connectivity index (χ4n) is 5.17. The zero-order chi connectivity index (χ0) is 12.0. The normalized spacial score (nSPS) is 45.6. The molecule has 0 aromatic rings. The highest BCUT2D eigenvalue weighted by atomic mass is 16.3. The highest BCUT2D eigenvalue weighted by Crippen LogP contribution is 2.67. The highest BCUT2D eigenvalue weighted by Gasteiger charge is 2.61. The summed E-state index contributed by atoms with van der Waals surface area (Å²) in [6.07, 6.45) is 6.24. The maximum atomic E-state index is 10.7. The van der Waals surface area contributed by atoms with Gasteiger partial charge >= 0.3 is 0 Å². The van der Waals surface area contributed by atoms with Gasteiger partial charge in [-0.25, -0.2) is 0 Å². The summed E-state index contributed by atoms with van der Waals surface area (Å²) in [5, 5.41) is 14.3. The van der Waals surface area contributed by atoms with Crippen LogP contribution in [0.2, 0.25) is 0 Å². The lowest BCUT2D eigenvalue weighted by molar-refractivity contribution is -0.0322. The Balaban J connectivity index is 1.77. The zero-order valence-corrected chi connectivity index (χ0v) is 10.4. The van der Waals surface area contributed by atoms with Crippen molar-refractivity contribution < 1.29 is 5.11 Å². The Morgan fingerprint density at radius 3 is 2.59 bits per heavy atom. The lowest BCUT2D eigenvalue weighted by Gasteiger charge is -2.40. The van der Waals surface area contributed by atoms with Crippen molar-refractivity contribution in [1.82, 2.24) is 0 Å². The van der Waals surface area contributed by atoms with Crippen molar-refractivity contribution in [2.24, 2.45) is 34.2 Å².